The molecule has 0 saturated heterocycles. The Morgan fingerprint density at radius 3 is 2.39 bits per heavy atom. The standard InChI is InChI=1S/C27H35N5O3S/c1-7-32-24(14-28-25(33)15-35-23-13-18(4)8-9-22(23)17(2)3)30-31-27(32)36-16-26(34)29-21-11-19(5)10-20(6)12-21/h8-13,17H,7,14-16H2,1-6H3,(H,28,33)(H,29,34). The van der Waals surface area contributed by atoms with Crippen LogP contribution in [0, 0.1) is 20.8 Å². The zero-order chi connectivity index (χ0) is 26.2. The van der Waals surface area contributed by atoms with Gasteiger partial charge in [0, 0.05) is 12.2 Å². The van der Waals surface area contributed by atoms with Crippen LogP contribution in [0.4, 0.5) is 5.69 Å². The SMILES string of the molecule is CCn1c(CNC(=O)COc2cc(C)ccc2C(C)C)nnc1SCC(=O)Nc1cc(C)cc(C)c1. The summed E-state index contributed by atoms with van der Waals surface area (Å²) in [7, 11) is 0. The number of thioether (sulfide) groups is 1. The fraction of sp³-hybridized carbons (Fsp3) is 0.407. The zero-order valence-electron chi connectivity index (χ0n) is 21.8. The number of rotatable bonds is 11. The molecular weight excluding hydrogens is 474 g/mol. The van der Waals surface area contributed by atoms with E-state index in [4.69, 9.17) is 4.74 Å². The summed E-state index contributed by atoms with van der Waals surface area (Å²) in [6.07, 6.45) is 0. The first kappa shape index (κ1) is 27.3. The van der Waals surface area contributed by atoms with Crippen LogP contribution in [0.15, 0.2) is 41.6 Å². The van der Waals surface area contributed by atoms with E-state index in [2.05, 4.69) is 40.7 Å². The normalized spacial score (nSPS) is 11.0. The van der Waals surface area contributed by atoms with E-state index >= 15 is 0 Å². The van der Waals surface area contributed by atoms with Crippen LogP contribution in [0.25, 0.3) is 0 Å². The molecule has 3 aromatic rings. The lowest BCUT2D eigenvalue weighted by Crippen LogP contribution is -2.29. The maximum atomic E-state index is 12.4. The Morgan fingerprint density at radius 1 is 1.00 bits per heavy atom. The molecule has 0 spiro atoms. The molecule has 0 fully saturated rings. The van der Waals surface area contributed by atoms with Gasteiger partial charge < -0.3 is 19.9 Å². The van der Waals surface area contributed by atoms with Gasteiger partial charge in [-0.05, 0) is 74.1 Å². The minimum absolute atomic E-state index is 0.0797. The molecule has 2 N–H and O–H groups in total. The van der Waals surface area contributed by atoms with Gasteiger partial charge in [-0.15, -0.1) is 10.2 Å². The Hall–Kier alpha value is -3.33. The molecule has 192 valence electrons. The van der Waals surface area contributed by atoms with E-state index in [9.17, 15) is 9.59 Å². The Balaban J connectivity index is 1.52. The molecule has 8 nitrogen and oxygen atoms in total. The first-order valence-electron chi connectivity index (χ1n) is 12.1. The fourth-order valence-corrected chi connectivity index (χ4v) is 4.68. The second kappa shape index (κ2) is 12.6. The highest BCUT2D eigenvalue weighted by Gasteiger charge is 2.15. The van der Waals surface area contributed by atoms with Crippen molar-refractivity contribution in [3.05, 3.63) is 64.5 Å². The van der Waals surface area contributed by atoms with Crippen LogP contribution in [0.5, 0.6) is 5.75 Å². The number of ether oxygens (including phenoxy) is 1. The molecule has 0 saturated carbocycles. The molecule has 3 rings (SSSR count). The number of carbonyl (C=O) groups excluding carboxylic acids is 2. The van der Waals surface area contributed by atoms with Crippen molar-refractivity contribution in [3.63, 3.8) is 0 Å². The molecule has 1 aromatic heterocycles. The van der Waals surface area contributed by atoms with Gasteiger partial charge in [0.25, 0.3) is 5.91 Å². The third-order valence-corrected chi connectivity index (χ3v) is 6.51. The quantitative estimate of drug-likeness (QED) is 0.361. The molecule has 9 heteroatoms. The van der Waals surface area contributed by atoms with E-state index in [1.165, 1.54) is 11.8 Å². The summed E-state index contributed by atoms with van der Waals surface area (Å²) in [6.45, 7) is 12.9. The van der Waals surface area contributed by atoms with Crippen LogP contribution >= 0.6 is 11.8 Å². The Labute approximate surface area is 217 Å². The van der Waals surface area contributed by atoms with E-state index in [1.807, 2.05) is 62.6 Å². The van der Waals surface area contributed by atoms with Crippen molar-refractivity contribution in [2.75, 3.05) is 17.7 Å². The predicted molar refractivity (Wildman–Crippen MR) is 144 cm³/mol. The third-order valence-electron chi connectivity index (χ3n) is 5.54. The van der Waals surface area contributed by atoms with Crippen molar-refractivity contribution in [2.45, 2.75) is 65.7 Å². The molecule has 0 aliphatic rings. The van der Waals surface area contributed by atoms with Gasteiger partial charge in [0.15, 0.2) is 17.6 Å². The summed E-state index contributed by atoms with van der Waals surface area (Å²) in [5, 5.41) is 14.9. The highest BCUT2D eigenvalue weighted by Crippen LogP contribution is 2.27. The second-order valence-electron chi connectivity index (χ2n) is 9.12. The number of aromatic nitrogens is 3. The lowest BCUT2D eigenvalue weighted by Gasteiger charge is -2.15. The van der Waals surface area contributed by atoms with Crippen LogP contribution in [0.3, 0.4) is 0 Å². The molecule has 36 heavy (non-hydrogen) atoms. The third kappa shape index (κ3) is 7.58. The molecule has 0 unspecified atom stereocenters. The number of aryl methyl sites for hydroxylation is 3. The Bertz CT molecular complexity index is 1200. The Kier molecular flexibility index (Phi) is 9.52. The highest BCUT2D eigenvalue weighted by atomic mass is 32.2. The number of hydrogen-bond acceptors (Lipinski definition) is 6. The molecule has 0 aliphatic heterocycles. The molecule has 2 amide bonds. The monoisotopic (exact) mass is 509 g/mol. The topological polar surface area (TPSA) is 98.1 Å². The lowest BCUT2D eigenvalue weighted by molar-refractivity contribution is -0.123. The van der Waals surface area contributed by atoms with Gasteiger partial charge in [-0.3, -0.25) is 9.59 Å². The van der Waals surface area contributed by atoms with E-state index < -0.39 is 0 Å². The Morgan fingerprint density at radius 2 is 1.72 bits per heavy atom. The molecule has 0 radical (unpaired) electrons. The largest absolute Gasteiger partial charge is 0.483 e. The van der Waals surface area contributed by atoms with Gasteiger partial charge in [-0.2, -0.15) is 0 Å². The van der Waals surface area contributed by atoms with Crippen molar-refractivity contribution in [1.29, 1.82) is 0 Å². The van der Waals surface area contributed by atoms with Crippen molar-refractivity contribution < 1.29 is 14.3 Å². The van der Waals surface area contributed by atoms with Gasteiger partial charge in [-0.1, -0.05) is 43.8 Å². The maximum absolute atomic E-state index is 12.4. The fourth-order valence-electron chi connectivity index (χ4n) is 3.86. The minimum atomic E-state index is -0.237. The van der Waals surface area contributed by atoms with Crippen LogP contribution < -0.4 is 15.4 Å². The first-order chi connectivity index (χ1) is 17.2. The molecule has 0 bridgehead atoms. The number of hydrogen-bond donors (Lipinski definition) is 2. The van der Waals surface area contributed by atoms with Crippen molar-refractivity contribution in [2.24, 2.45) is 0 Å². The van der Waals surface area contributed by atoms with E-state index in [0.717, 1.165) is 33.7 Å². The molecule has 2 aromatic carbocycles. The number of carbonyl (C=O) groups is 2. The molecule has 1 heterocycles. The van der Waals surface area contributed by atoms with Crippen LogP contribution in [0.1, 0.15) is 54.8 Å². The van der Waals surface area contributed by atoms with Crippen molar-refractivity contribution in [1.82, 2.24) is 20.1 Å². The van der Waals surface area contributed by atoms with Crippen LogP contribution in [-0.4, -0.2) is 38.9 Å². The molecule has 0 aliphatic carbocycles. The summed E-state index contributed by atoms with van der Waals surface area (Å²) < 4.78 is 7.71. The summed E-state index contributed by atoms with van der Waals surface area (Å²) in [6, 6.07) is 12.0. The smallest absolute Gasteiger partial charge is 0.258 e. The molecular formula is C27H35N5O3S. The van der Waals surface area contributed by atoms with Crippen LogP contribution in [0.2, 0.25) is 0 Å². The predicted octanol–water partition coefficient (Wildman–Crippen LogP) is 4.77. The van der Waals surface area contributed by atoms with E-state index in [0.29, 0.717) is 23.4 Å². The van der Waals surface area contributed by atoms with Gasteiger partial charge in [0.1, 0.15) is 5.75 Å². The van der Waals surface area contributed by atoms with Crippen molar-refractivity contribution in [3.8, 4) is 5.75 Å². The van der Waals surface area contributed by atoms with Gasteiger partial charge >= 0.3 is 0 Å². The van der Waals surface area contributed by atoms with E-state index in [1.54, 1.807) is 0 Å². The second-order valence-corrected chi connectivity index (χ2v) is 10.1. The number of nitrogens with zero attached hydrogens (tertiary/aromatic N) is 3. The summed E-state index contributed by atoms with van der Waals surface area (Å²) in [5.74, 6) is 1.51. The van der Waals surface area contributed by atoms with Gasteiger partial charge in [0.2, 0.25) is 5.91 Å². The summed E-state index contributed by atoms with van der Waals surface area (Å²) in [4.78, 5) is 24.9. The van der Waals surface area contributed by atoms with E-state index in [-0.39, 0.29) is 30.7 Å². The number of benzene rings is 2. The average Bonchev–Trinajstić information content (AvgIpc) is 3.21. The number of nitrogens with one attached hydrogen (secondary N) is 2. The first-order valence-corrected chi connectivity index (χ1v) is 13.1. The summed E-state index contributed by atoms with van der Waals surface area (Å²) >= 11 is 1.32. The number of anilines is 1. The number of amides is 2. The molecule has 0 atom stereocenters. The average molecular weight is 510 g/mol. The summed E-state index contributed by atoms with van der Waals surface area (Å²) in [5.41, 5.74) is 5.13. The van der Waals surface area contributed by atoms with Crippen molar-refractivity contribution >= 4 is 29.3 Å². The maximum Gasteiger partial charge on any atom is 0.258 e. The minimum Gasteiger partial charge on any atom is -0.483 e. The van der Waals surface area contributed by atoms with Gasteiger partial charge in [-0.25, -0.2) is 0 Å². The van der Waals surface area contributed by atoms with Gasteiger partial charge in [0.05, 0.1) is 12.3 Å². The van der Waals surface area contributed by atoms with Crippen LogP contribution in [-0.2, 0) is 22.7 Å². The lowest BCUT2D eigenvalue weighted by atomic mass is 10.0. The zero-order valence-corrected chi connectivity index (χ0v) is 22.7. The highest BCUT2D eigenvalue weighted by molar-refractivity contribution is 7.99.